The molecule has 4 heterocycles. The van der Waals surface area contributed by atoms with Crippen LogP contribution in [0.3, 0.4) is 0 Å². The van der Waals surface area contributed by atoms with Crippen molar-refractivity contribution in [2.45, 2.75) is 64.1 Å². The maximum atomic E-state index is 13.3. The van der Waals surface area contributed by atoms with Crippen LogP contribution in [0.1, 0.15) is 52.5 Å². The normalized spacial score (nSPS) is 21.4. The van der Waals surface area contributed by atoms with Crippen LogP contribution in [0.5, 0.6) is 0 Å². The lowest BCUT2D eigenvalue weighted by Gasteiger charge is -2.44. The number of likely N-dealkylation sites (tertiary alicyclic amines) is 1. The van der Waals surface area contributed by atoms with Gasteiger partial charge in [0.25, 0.3) is 0 Å². The number of rotatable bonds is 5. The molecule has 1 N–H and O–H groups in total. The third-order valence-corrected chi connectivity index (χ3v) is 8.19. The molecule has 3 amide bonds. The maximum absolute atomic E-state index is 13.3. The van der Waals surface area contributed by atoms with Gasteiger partial charge in [-0.2, -0.15) is 0 Å². The molecule has 5 rings (SSSR count). The molecule has 3 aliphatic rings. The number of carbonyl (C=O) groups excluding carboxylic acids is 3. The third kappa shape index (κ3) is 5.41. The summed E-state index contributed by atoms with van der Waals surface area (Å²) in [5.41, 5.74) is 1.80. The number of imide groups is 1. The first kappa shape index (κ1) is 27.2. The Morgan fingerprint density at radius 2 is 1.79 bits per heavy atom. The molecule has 2 aromatic rings. The van der Waals surface area contributed by atoms with Crippen LogP contribution in [0.25, 0.3) is 11.0 Å². The van der Waals surface area contributed by atoms with Gasteiger partial charge in [0.05, 0.1) is 16.7 Å². The fourth-order valence-electron chi connectivity index (χ4n) is 6.17. The van der Waals surface area contributed by atoms with Crippen LogP contribution in [-0.2, 0) is 21.4 Å². The summed E-state index contributed by atoms with van der Waals surface area (Å²) in [6.45, 7) is 9.80. The summed E-state index contributed by atoms with van der Waals surface area (Å²) in [7, 11) is 3.91. The number of fused-ring (bicyclic) bond motifs is 1. The van der Waals surface area contributed by atoms with Crippen molar-refractivity contribution in [1.29, 1.82) is 0 Å². The molecule has 1 aromatic heterocycles. The molecule has 1 unspecified atom stereocenters. The second-order valence-electron chi connectivity index (χ2n) is 12.2. The Balaban J connectivity index is 1.22. The summed E-state index contributed by atoms with van der Waals surface area (Å²) in [6, 6.07) is 5.62. The van der Waals surface area contributed by atoms with Crippen molar-refractivity contribution in [3.8, 4) is 0 Å². The van der Waals surface area contributed by atoms with Gasteiger partial charge < -0.3 is 19.4 Å². The van der Waals surface area contributed by atoms with E-state index in [2.05, 4.69) is 22.2 Å². The van der Waals surface area contributed by atoms with E-state index in [9.17, 15) is 19.2 Å². The number of imidazole rings is 1. The van der Waals surface area contributed by atoms with Crippen LogP contribution in [0.15, 0.2) is 23.0 Å². The van der Waals surface area contributed by atoms with Crippen molar-refractivity contribution >= 4 is 34.6 Å². The van der Waals surface area contributed by atoms with E-state index in [0.717, 1.165) is 56.8 Å². The van der Waals surface area contributed by atoms with Crippen molar-refractivity contribution < 1.29 is 19.1 Å². The SMILES string of the molecule is CN(CC1CN(C(=O)OC(C)(C)C)C1)C1CCN(c2cccc3c2n(C)c(=O)n3C2CCC(=O)NC2=O)CC1. The quantitative estimate of drug-likeness (QED) is 0.579. The molecule has 11 nitrogen and oxygen atoms in total. The number of para-hydroxylation sites is 1. The second kappa shape index (κ2) is 10.3. The molecule has 0 aliphatic carbocycles. The number of anilines is 1. The minimum absolute atomic E-state index is 0.222. The Kier molecular flexibility index (Phi) is 7.21. The number of piperidine rings is 2. The number of nitrogens with one attached hydrogen (secondary N) is 1. The van der Waals surface area contributed by atoms with Gasteiger partial charge in [-0.15, -0.1) is 0 Å². The zero-order valence-electron chi connectivity index (χ0n) is 23.6. The van der Waals surface area contributed by atoms with E-state index >= 15 is 0 Å². The number of amides is 3. The van der Waals surface area contributed by atoms with Gasteiger partial charge in [-0.1, -0.05) is 6.07 Å². The van der Waals surface area contributed by atoms with Crippen LogP contribution in [-0.4, -0.2) is 88.3 Å². The van der Waals surface area contributed by atoms with Crippen molar-refractivity contribution in [3.05, 3.63) is 28.7 Å². The predicted octanol–water partition coefficient (Wildman–Crippen LogP) is 2.09. The molecule has 212 valence electrons. The molecule has 0 bridgehead atoms. The number of hydrogen-bond acceptors (Lipinski definition) is 7. The second-order valence-corrected chi connectivity index (χ2v) is 12.2. The first-order valence-electron chi connectivity index (χ1n) is 13.9. The lowest BCUT2D eigenvalue weighted by atomic mass is 9.97. The summed E-state index contributed by atoms with van der Waals surface area (Å²) in [4.78, 5) is 56.2. The Labute approximate surface area is 228 Å². The Hall–Kier alpha value is -3.34. The average Bonchev–Trinajstić information content (AvgIpc) is 3.10. The van der Waals surface area contributed by atoms with Crippen molar-refractivity contribution in [2.24, 2.45) is 13.0 Å². The number of ether oxygens (including phenoxy) is 1. The molecule has 3 saturated heterocycles. The monoisotopic (exact) mass is 540 g/mol. The lowest BCUT2D eigenvalue weighted by molar-refractivity contribution is -0.135. The van der Waals surface area contributed by atoms with Crippen molar-refractivity contribution in [1.82, 2.24) is 24.3 Å². The highest BCUT2D eigenvalue weighted by Crippen LogP contribution is 2.32. The summed E-state index contributed by atoms with van der Waals surface area (Å²) < 4.78 is 8.64. The fourth-order valence-corrected chi connectivity index (χ4v) is 6.17. The zero-order valence-corrected chi connectivity index (χ0v) is 23.6. The standard InChI is InChI=1S/C28H40N6O5/c1-28(2,3)39-27(38)33-16-18(17-33)15-30(4)19-11-13-32(14-12-19)20-7-6-8-21-24(20)31(5)26(37)34(21)22-9-10-23(35)29-25(22)36/h6-8,18-19,22H,9-17H2,1-5H3,(H,29,35,36). The Morgan fingerprint density at radius 1 is 1.10 bits per heavy atom. The van der Waals surface area contributed by atoms with E-state index in [1.165, 1.54) is 0 Å². The van der Waals surface area contributed by atoms with Crippen LogP contribution >= 0.6 is 0 Å². The fraction of sp³-hybridized carbons (Fsp3) is 0.643. The molecule has 0 saturated carbocycles. The highest BCUT2D eigenvalue weighted by Gasteiger charge is 2.36. The molecule has 3 fully saturated rings. The molecule has 11 heteroatoms. The van der Waals surface area contributed by atoms with Crippen LogP contribution < -0.4 is 15.9 Å². The van der Waals surface area contributed by atoms with E-state index in [1.54, 1.807) is 21.1 Å². The van der Waals surface area contributed by atoms with Gasteiger partial charge in [-0.25, -0.2) is 9.59 Å². The Bertz CT molecular complexity index is 1330. The predicted molar refractivity (Wildman–Crippen MR) is 148 cm³/mol. The Morgan fingerprint density at radius 3 is 2.44 bits per heavy atom. The molecule has 3 aliphatic heterocycles. The highest BCUT2D eigenvalue weighted by molar-refractivity contribution is 6.00. The highest BCUT2D eigenvalue weighted by atomic mass is 16.6. The minimum Gasteiger partial charge on any atom is -0.444 e. The van der Waals surface area contributed by atoms with Crippen LogP contribution in [0.4, 0.5) is 10.5 Å². The summed E-state index contributed by atoms with van der Waals surface area (Å²) in [5, 5.41) is 2.37. The molecule has 39 heavy (non-hydrogen) atoms. The molecule has 1 atom stereocenters. The third-order valence-electron chi connectivity index (χ3n) is 8.19. The van der Waals surface area contributed by atoms with Gasteiger partial charge in [0.1, 0.15) is 11.6 Å². The number of aromatic nitrogens is 2. The van der Waals surface area contributed by atoms with Crippen LogP contribution in [0, 0.1) is 5.92 Å². The first-order chi connectivity index (χ1) is 18.4. The van der Waals surface area contributed by atoms with Gasteiger partial charge in [-0.3, -0.25) is 24.0 Å². The molecular weight excluding hydrogens is 500 g/mol. The van der Waals surface area contributed by atoms with Gasteiger partial charge in [0, 0.05) is 58.2 Å². The van der Waals surface area contributed by atoms with E-state index < -0.39 is 17.6 Å². The number of hydrogen-bond donors (Lipinski definition) is 1. The average molecular weight is 541 g/mol. The van der Waals surface area contributed by atoms with Crippen LogP contribution in [0.2, 0.25) is 0 Å². The van der Waals surface area contributed by atoms with E-state index in [-0.39, 0.29) is 24.1 Å². The van der Waals surface area contributed by atoms with E-state index in [0.29, 0.717) is 23.9 Å². The molecular formula is C28H40N6O5. The molecule has 0 radical (unpaired) electrons. The summed E-state index contributed by atoms with van der Waals surface area (Å²) in [5.74, 6) is -0.262. The van der Waals surface area contributed by atoms with Gasteiger partial charge >= 0.3 is 11.8 Å². The molecule has 0 spiro atoms. The van der Waals surface area contributed by atoms with E-state index in [1.807, 2.05) is 39.0 Å². The van der Waals surface area contributed by atoms with Crippen molar-refractivity contribution in [2.75, 3.05) is 44.7 Å². The van der Waals surface area contributed by atoms with E-state index in [4.69, 9.17) is 4.74 Å². The van der Waals surface area contributed by atoms with Gasteiger partial charge in [0.15, 0.2) is 0 Å². The topological polar surface area (TPSA) is 109 Å². The smallest absolute Gasteiger partial charge is 0.410 e. The summed E-state index contributed by atoms with van der Waals surface area (Å²) in [6.07, 6.45) is 2.31. The largest absolute Gasteiger partial charge is 0.444 e. The van der Waals surface area contributed by atoms with Crippen molar-refractivity contribution in [3.63, 3.8) is 0 Å². The first-order valence-corrected chi connectivity index (χ1v) is 13.9. The number of aryl methyl sites for hydroxylation is 1. The maximum Gasteiger partial charge on any atom is 0.410 e. The number of benzene rings is 1. The number of carbonyl (C=O) groups is 3. The number of nitrogens with zero attached hydrogens (tertiary/aromatic N) is 5. The summed E-state index contributed by atoms with van der Waals surface area (Å²) >= 11 is 0. The van der Waals surface area contributed by atoms with Gasteiger partial charge in [0.2, 0.25) is 11.8 Å². The molecule has 1 aromatic carbocycles. The zero-order chi connectivity index (χ0) is 28.1. The minimum atomic E-state index is -0.689. The lowest BCUT2D eigenvalue weighted by Crippen LogP contribution is -2.56. The van der Waals surface area contributed by atoms with Gasteiger partial charge in [-0.05, 0) is 59.2 Å².